The Morgan fingerprint density at radius 3 is 2.50 bits per heavy atom. The van der Waals surface area contributed by atoms with Gasteiger partial charge in [-0.2, -0.15) is 0 Å². The van der Waals surface area contributed by atoms with Crippen molar-refractivity contribution in [3.05, 3.63) is 70.1 Å². The van der Waals surface area contributed by atoms with Crippen molar-refractivity contribution >= 4 is 22.4 Å². The predicted molar refractivity (Wildman–Crippen MR) is 101 cm³/mol. The van der Waals surface area contributed by atoms with Crippen LogP contribution in [0.5, 0.6) is 0 Å². The molecule has 4 heteroatoms. The smallest absolute Gasteiger partial charge is 0.230 e. The second kappa shape index (κ2) is 6.97. The van der Waals surface area contributed by atoms with Crippen molar-refractivity contribution in [1.29, 1.82) is 0 Å². The van der Waals surface area contributed by atoms with Gasteiger partial charge >= 0.3 is 0 Å². The van der Waals surface area contributed by atoms with Crippen LogP contribution >= 0.6 is 11.3 Å². The number of nitrogens with zero attached hydrogens (tertiary/aromatic N) is 1. The molecule has 24 heavy (non-hydrogen) atoms. The molecule has 0 radical (unpaired) electrons. The van der Waals surface area contributed by atoms with E-state index in [2.05, 4.69) is 42.3 Å². The lowest BCUT2D eigenvalue weighted by atomic mass is 10.0. The number of carbonyl (C=O) groups is 1. The van der Waals surface area contributed by atoms with Gasteiger partial charge in [0.15, 0.2) is 5.13 Å². The topological polar surface area (TPSA) is 42.0 Å². The first-order valence-electron chi connectivity index (χ1n) is 7.92. The van der Waals surface area contributed by atoms with Crippen LogP contribution in [0.2, 0.25) is 0 Å². The Labute approximate surface area is 146 Å². The third-order valence-corrected chi connectivity index (χ3v) is 4.92. The number of benzene rings is 2. The molecule has 0 spiro atoms. The van der Waals surface area contributed by atoms with Crippen molar-refractivity contribution in [3.63, 3.8) is 0 Å². The standard InChI is InChI=1S/C20H20N2OS/c1-13-9-10-17(11-14(13)2)19-15(3)24-20(22-19)21-18(23)12-16-7-5-4-6-8-16/h4-11H,12H2,1-3H3,(H,21,22,23). The predicted octanol–water partition coefficient (Wildman–Crippen LogP) is 4.92. The van der Waals surface area contributed by atoms with Gasteiger partial charge in [-0.3, -0.25) is 4.79 Å². The van der Waals surface area contributed by atoms with Crippen LogP contribution in [-0.4, -0.2) is 10.9 Å². The maximum atomic E-state index is 12.2. The normalized spacial score (nSPS) is 10.6. The van der Waals surface area contributed by atoms with E-state index in [1.54, 1.807) is 0 Å². The summed E-state index contributed by atoms with van der Waals surface area (Å²) in [5.41, 5.74) is 5.55. The molecule has 1 heterocycles. The maximum Gasteiger partial charge on any atom is 0.230 e. The number of anilines is 1. The number of thiazole rings is 1. The number of hydrogen-bond acceptors (Lipinski definition) is 3. The Bertz CT molecular complexity index is 869. The highest BCUT2D eigenvalue weighted by Gasteiger charge is 2.13. The molecule has 0 unspecified atom stereocenters. The van der Waals surface area contributed by atoms with Crippen LogP contribution in [0.25, 0.3) is 11.3 Å². The molecule has 122 valence electrons. The van der Waals surface area contributed by atoms with E-state index in [-0.39, 0.29) is 5.91 Å². The van der Waals surface area contributed by atoms with Crippen LogP contribution in [0.4, 0.5) is 5.13 Å². The minimum atomic E-state index is -0.0402. The average Bonchev–Trinajstić information content (AvgIpc) is 2.91. The summed E-state index contributed by atoms with van der Waals surface area (Å²) in [6.07, 6.45) is 0.360. The first-order chi connectivity index (χ1) is 11.5. The molecule has 0 aliphatic rings. The lowest BCUT2D eigenvalue weighted by molar-refractivity contribution is -0.115. The van der Waals surface area contributed by atoms with E-state index in [0.717, 1.165) is 21.7 Å². The van der Waals surface area contributed by atoms with Crippen molar-refractivity contribution in [3.8, 4) is 11.3 Å². The van der Waals surface area contributed by atoms with Gasteiger partial charge in [-0.25, -0.2) is 4.98 Å². The molecular weight excluding hydrogens is 316 g/mol. The van der Waals surface area contributed by atoms with Crippen LogP contribution in [-0.2, 0) is 11.2 Å². The van der Waals surface area contributed by atoms with E-state index in [0.29, 0.717) is 11.6 Å². The highest BCUT2D eigenvalue weighted by Crippen LogP contribution is 2.31. The Kier molecular flexibility index (Phi) is 4.76. The highest BCUT2D eigenvalue weighted by atomic mass is 32.1. The van der Waals surface area contributed by atoms with Gasteiger partial charge in [-0.15, -0.1) is 11.3 Å². The molecule has 2 aromatic carbocycles. The van der Waals surface area contributed by atoms with Gasteiger partial charge in [0.1, 0.15) is 0 Å². The second-order valence-corrected chi connectivity index (χ2v) is 7.14. The molecule has 0 bridgehead atoms. The van der Waals surface area contributed by atoms with E-state index in [9.17, 15) is 4.79 Å². The number of amides is 1. The zero-order valence-corrected chi connectivity index (χ0v) is 14.9. The fraction of sp³-hybridized carbons (Fsp3) is 0.200. The van der Waals surface area contributed by atoms with Crippen molar-refractivity contribution < 1.29 is 4.79 Å². The van der Waals surface area contributed by atoms with Crippen molar-refractivity contribution in [2.24, 2.45) is 0 Å². The van der Waals surface area contributed by atoms with E-state index in [1.165, 1.54) is 22.5 Å². The van der Waals surface area contributed by atoms with E-state index in [1.807, 2.05) is 37.3 Å². The van der Waals surface area contributed by atoms with Crippen LogP contribution in [0.15, 0.2) is 48.5 Å². The van der Waals surface area contributed by atoms with Crippen molar-refractivity contribution in [1.82, 2.24) is 4.98 Å². The van der Waals surface area contributed by atoms with Gasteiger partial charge in [0.2, 0.25) is 5.91 Å². The Morgan fingerprint density at radius 1 is 1.04 bits per heavy atom. The third-order valence-electron chi connectivity index (χ3n) is 4.03. The highest BCUT2D eigenvalue weighted by molar-refractivity contribution is 7.16. The number of hydrogen-bond donors (Lipinski definition) is 1. The first kappa shape index (κ1) is 16.4. The van der Waals surface area contributed by atoms with Crippen molar-refractivity contribution in [2.45, 2.75) is 27.2 Å². The number of aryl methyl sites for hydroxylation is 3. The Morgan fingerprint density at radius 2 is 1.79 bits per heavy atom. The molecule has 0 fully saturated rings. The van der Waals surface area contributed by atoms with Gasteiger partial charge in [0.25, 0.3) is 0 Å². The monoisotopic (exact) mass is 336 g/mol. The molecule has 3 nitrogen and oxygen atoms in total. The van der Waals surface area contributed by atoms with Crippen LogP contribution < -0.4 is 5.32 Å². The molecular formula is C20H20N2OS. The zero-order chi connectivity index (χ0) is 17.1. The number of carbonyl (C=O) groups excluding carboxylic acids is 1. The van der Waals surface area contributed by atoms with E-state index in [4.69, 9.17) is 0 Å². The Balaban J connectivity index is 1.76. The van der Waals surface area contributed by atoms with Gasteiger partial charge in [0.05, 0.1) is 12.1 Å². The molecule has 0 saturated heterocycles. The molecule has 1 aromatic heterocycles. The summed E-state index contributed by atoms with van der Waals surface area (Å²) in [4.78, 5) is 17.9. The maximum absolute atomic E-state index is 12.2. The summed E-state index contributed by atoms with van der Waals surface area (Å²) < 4.78 is 0. The minimum absolute atomic E-state index is 0.0402. The molecule has 0 saturated carbocycles. The first-order valence-corrected chi connectivity index (χ1v) is 8.73. The van der Waals surface area contributed by atoms with Crippen LogP contribution in [0.1, 0.15) is 21.6 Å². The molecule has 0 aliphatic carbocycles. The largest absolute Gasteiger partial charge is 0.302 e. The van der Waals surface area contributed by atoms with Gasteiger partial charge in [-0.05, 0) is 43.5 Å². The summed E-state index contributed by atoms with van der Waals surface area (Å²) in [6.45, 7) is 6.24. The SMILES string of the molecule is Cc1ccc(-c2nc(NC(=O)Cc3ccccc3)sc2C)cc1C. The quantitative estimate of drug-likeness (QED) is 0.735. The third kappa shape index (κ3) is 3.71. The summed E-state index contributed by atoms with van der Waals surface area (Å²) in [5.74, 6) is -0.0402. The molecule has 0 atom stereocenters. The van der Waals surface area contributed by atoms with Crippen molar-refractivity contribution in [2.75, 3.05) is 5.32 Å². The summed E-state index contributed by atoms with van der Waals surface area (Å²) in [6, 6.07) is 16.1. The van der Waals surface area contributed by atoms with Crippen LogP contribution in [0, 0.1) is 20.8 Å². The summed E-state index contributed by atoms with van der Waals surface area (Å²) >= 11 is 1.52. The lowest BCUT2D eigenvalue weighted by Crippen LogP contribution is -2.14. The fourth-order valence-electron chi connectivity index (χ4n) is 2.55. The molecule has 1 N–H and O–H groups in total. The average molecular weight is 336 g/mol. The fourth-order valence-corrected chi connectivity index (χ4v) is 3.40. The number of rotatable bonds is 4. The molecule has 3 rings (SSSR count). The summed E-state index contributed by atoms with van der Waals surface area (Å²) in [7, 11) is 0. The molecule has 1 amide bonds. The number of nitrogens with one attached hydrogen (secondary N) is 1. The van der Waals surface area contributed by atoms with Crippen LogP contribution in [0.3, 0.4) is 0 Å². The molecule has 3 aromatic rings. The van der Waals surface area contributed by atoms with Gasteiger partial charge in [-0.1, -0.05) is 42.5 Å². The van der Waals surface area contributed by atoms with Gasteiger partial charge in [0, 0.05) is 10.4 Å². The minimum Gasteiger partial charge on any atom is -0.302 e. The number of aromatic nitrogens is 1. The second-order valence-electron chi connectivity index (χ2n) is 5.93. The summed E-state index contributed by atoms with van der Waals surface area (Å²) in [5, 5.41) is 3.57. The Hall–Kier alpha value is -2.46. The van der Waals surface area contributed by atoms with E-state index < -0.39 is 0 Å². The van der Waals surface area contributed by atoms with E-state index >= 15 is 0 Å². The lowest BCUT2D eigenvalue weighted by Gasteiger charge is -2.04. The van der Waals surface area contributed by atoms with Gasteiger partial charge < -0.3 is 5.32 Å². The zero-order valence-electron chi connectivity index (χ0n) is 14.1. The molecule has 0 aliphatic heterocycles.